The van der Waals surface area contributed by atoms with Gasteiger partial charge >= 0.3 is 0 Å². The zero-order chi connectivity index (χ0) is 14.2. The molecule has 0 aromatic heterocycles. The van der Waals surface area contributed by atoms with E-state index in [2.05, 4.69) is 73.8 Å². The highest BCUT2D eigenvalue weighted by Crippen LogP contribution is 2.13. The van der Waals surface area contributed by atoms with E-state index in [1.54, 1.807) is 0 Å². The molecule has 2 aromatic rings. The van der Waals surface area contributed by atoms with Gasteiger partial charge in [0.2, 0.25) is 0 Å². The first-order chi connectivity index (χ1) is 9.75. The van der Waals surface area contributed by atoms with Gasteiger partial charge in [-0.3, -0.25) is 0 Å². The molecule has 1 unspecified atom stereocenters. The lowest BCUT2D eigenvalue weighted by Gasteiger charge is -2.14. The van der Waals surface area contributed by atoms with Crippen LogP contribution in [-0.2, 0) is 6.42 Å². The Morgan fingerprint density at radius 3 is 2.30 bits per heavy atom. The van der Waals surface area contributed by atoms with Crippen molar-refractivity contribution in [3.05, 3.63) is 71.3 Å². The maximum Gasteiger partial charge on any atom is 0.0291 e. The van der Waals surface area contributed by atoms with Gasteiger partial charge in [0.1, 0.15) is 0 Å². The third-order valence-corrected chi connectivity index (χ3v) is 3.76. The quantitative estimate of drug-likeness (QED) is 0.719. The second-order valence-corrected chi connectivity index (χ2v) is 5.53. The average molecular weight is 267 g/mol. The van der Waals surface area contributed by atoms with Crippen molar-refractivity contribution >= 4 is 0 Å². The van der Waals surface area contributed by atoms with Crippen LogP contribution in [0.5, 0.6) is 0 Å². The lowest BCUT2D eigenvalue weighted by Crippen LogP contribution is -2.19. The van der Waals surface area contributed by atoms with Crippen molar-refractivity contribution in [2.75, 3.05) is 6.54 Å². The van der Waals surface area contributed by atoms with Gasteiger partial charge < -0.3 is 5.32 Å². The minimum atomic E-state index is 0.437. The van der Waals surface area contributed by atoms with Crippen LogP contribution in [0.15, 0.2) is 54.6 Å². The Morgan fingerprint density at radius 2 is 1.60 bits per heavy atom. The van der Waals surface area contributed by atoms with Crippen LogP contribution in [0.25, 0.3) is 0 Å². The Kier molecular flexibility index (Phi) is 5.82. The summed E-state index contributed by atoms with van der Waals surface area (Å²) in [5.41, 5.74) is 4.14. The molecule has 0 fully saturated rings. The lowest BCUT2D eigenvalue weighted by atomic mass is 10.1. The maximum absolute atomic E-state index is 3.60. The molecule has 20 heavy (non-hydrogen) atoms. The fraction of sp³-hybridized carbons (Fsp3) is 0.368. The van der Waals surface area contributed by atoms with Crippen molar-refractivity contribution in [2.45, 2.75) is 39.2 Å². The van der Waals surface area contributed by atoms with Gasteiger partial charge in [-0.1, -0.05) is 60.2 Å². The first-order valence-corrected chi connectivity index (χ1v) is 7.59. The minimum absolute atomic E-state index is 0.437. The van der Waals surface area contributed by atoms with Crippen molar-refractivity contribution in [2.24, 2.45) is 0 Å². The standard InChI is InChI=1S/C19H25N/c1-16-11-13-19(14-12-16)17(2)20-15-7-6-10-18-8-4-3-5-9-18/h3-5,8-9,11-14,17,20H,6-7,10,15H2,1-2H3. The molecule has 2 rings (SSSR count). The maximum atomic E-state index is 3.60. The Hall–Kier alpha value is -1.60. The van der Waals surface area contributed by atoms with E-state index in [9.17, 15) is 0 Å². The van der Waals surface area contributed by atoms with E-state index in [-0.39, 0.29) is 0 Å². The van der Waals surface area contributed by atoms with Gasteiger partial charge in [-0.2, -0.15) is 0 Å². The molecule has 1 atom stereocenters. The Balaban J connectivity index is 1.64. The first-order valence-electron chi connectivity index (χ1n) is 7.59. The van der Waals surface area contributed by atoms with E-state index < -0.39 is 0 Å². The van der Waals surface area contributed by atoms with Crippen molar-refractivity contribution < 1.29 is 0 Å². The van der Waals surface area contributed by atoms with E-state index >= 15 is 0 Å². The Bertz CT molecular complexity index is 487. The van der Waals surface area contributed by atoms with Crippen LogP contribution in [0.1, 0.15) is 42.5 Å². The topological polar surface area (TPSA) is 12.0 Å². The summed E-state index contributed by atoms with van der Waals surface area (Å²) in [6, 6.07) is 20.0. The van der Waals surface area contributed by atoms with Gasteiger partial charge in [-0.25, -0.2) is 0 Å². The molecule has 1 heteroatoms. The molecule has 0 aliphatic rings. The van der Waals surface area contributed by atoms with Crippen molar-refractivity contribution in [1.82, 2.24) is 5.32 Å². The second kappa shape index (κ2) is 7.86. The number of rotatable bonds is 7. The average Bonchev–Trinajstić information content (AvgIpc) is 2.48. The van der Waals surface area contributed by atoms with Crippen molar-refractivity contribution in [3.8, 4) is 0 Å². The van der Waals surface area contributed by atoms with E-state index in [1.165, 1.54) is 36.0 Å². The van der Waals surface area contributed by atoms with Gasteiger partial charge in [-0.15, -0.1) is 0 Å². The molecule has 1 nitrogen and oxygen atoms in total. The Morgan fingerprint density at radius 1 is 0.900 bits per heavy atom. The largest absolute Gasteiger partial charge is 0.310 e. The SMILES string of the molecule is Cc1ccc(C(C)NCCCCc2ccccc2)cc1. The normalized spacial score (nSPS) is 12.3. The van der Waals surface area contributed by atoms with Crippen LogP contribution in [0.4, 0.5) is 0 Å². The van der Waals surface area contributed by atoms with Crippen molar-refractivity contribution in [3.63, 3.8) is 0 Å². The fourth-order valence-corrected chi connectivity index (χ4v) is 2.39. The molecule has 1 N–H and O–H groups in total. The summed E-state index contributed by atoms with van der Waals surface area (Å²) in [6.45, 7) is 5.45. The van der Waals surface area contributed by atoms with Gasteiger partial charge in [0.25, 0.3) is 0 Å². The molecule has 0 saturated carbocycles. The lowest BCUT2D eigenvalue weighted by molar-refractivity contribution is 0.546. The van der Waals surface area contributed by atoms with E-state index in [0.29, 0.717) is 6.04 Å². The van der Waals surface area contributed by atoms with Gasteiger partial charge in [0, 0.05) is 6.04 Å². The summed E-state index contributed by atoms with van der Waals surface area (Å²) in [5, 5.41) is 3.60. The molecule has 0 heterocycles. The smallest absolute Gasteiger partial charge is 0.0291 e. The van der Waals surface area contributed by atoms with Crippen LogP contribution in [0, 0.1) is 6.92 Å². The highest BCUT2D eigenvalue weighted by atomic mass is 14.9. The monoisotopic (exact) mass is 267 g/mol. The van der Waals surface area contributed by atoms with Crippen LogP contribution in [-0.4, -0.2) is 6.54 Å². The molecule has 0 aliphatic heterocycles. The zero-order valence-electron chi connectivity index (χ0n) is 12.6. The summed E-state index contributed by atoms with van der Waals surface area (Å²) in [7, 11) is 0. The Labute approximate surface area is 123 Å². The molecule has 0 bridgehead atoms. The molecular formula is C19H25N. The molecule has 0 radical (unpaired) electrons. The van der Waals surface area contributed by atoms with Crippen LogP contribution < -0.4 is 5.32 Å². The minimum Gasteiger partial charge on any atom is -0.310 e. The summed E-state index contributed by atoms with van der Waals surface area (Å²) in [4.78, 5) is 0. The highest BCUT2D eigenvalue weighted by Gasteiger charge is 2.03. The van der Waals surface area contributed by atoms with Crippen LogP contribution in [0.3, 0.4) is 0 Å². The number of unbranched alkanes of at least 4 members (excludes halogenated alkanes) is 1. The predicted octanol–water partition coefficient (Wildman–Crippen LogP) is 4.67. The fourth-order valence-electron chi connectivity index (χ4n) is 2.39. The molecule has 0 spiro atoms. The number of benzene rings is 2. The predicted molar refractivity (Wildman–Crippen MR) is 87.0 cm³/mol. The number of aryl methyl sites for hydroxylation is 2. The number of hydrogen-bond donors (Lipinski definition) is 1. The summed E-state index contributed by atoms with van der Waals surface area (Å²) >= 11 is 0. The third kappa shape index (κ3) is 4.82. The highest BCUT2D eigenvalue weighted by molar-refractivity contribution is 5.23. The van der Waals surface area contributed by atoms with Crippen molar-refractivity contribution in [1.29, 1.82) is 0 Å². The zero-order valence-corrected chi connectivity index (χ0v) is 12.6. The van der Waals surface area contributed by atoms with Crippen LogP contribution >= 0.6 is 0 Å². The number of nitrogens with one attached hydrogen (secondary N) is 1. The van der Waals surface area contributed by atoms with Gasteiger partial charge in [-0.05, 0) is 50.8 Å². The molecular weight excluding hydrogens is 242 g/mol. The summed E-state index contributed by atoms with van der Waals surface area (Å²) in [5.74, 6) is 0. The van der Waals surface area contributed by atoms with E-state index in [1.807, 2.05) is 0 Å². The first kappa shape index (κ1) is 14.8. The summed E-state index contributed by atoms with van der Waals surface area (Å²) in [6.07, 6.45) is 3.66. The third-order valence-electron chi connectivity index (χ3n) is 3.76. The molecule has 2 aromatic carbocycles. The number of hydrogen-bond acceptors (Lipinski definition) is 1. The molecule has 0 amide bonds. The molecule has 0 aliphatic carbocycles. The van der Waals surface area contributed by atoms with Gasteiger partial charge in [0.05, 0.1) is 0 Å². The molecule has 106 valence electrons. The molecule has 0 saturated heterocycles. The second-order valence-electron chi connectivity index (χ2n) is 5.53. The van der Waals surface area contributed by atoms with Gasteiger partial charge in [0.15, 0.2) is 0 Å². The van der Waals surface area contributed by atoms with E-state index in [4.69, 9.17) is 0 Å². The summed E-state index contributed by atoms with van der Waals surface area (Å²) < 4.78 is 0. The van der Waals surface area contributed by atoms with Crippen LogP contribution in [0.2, 0.25) is 0 Å². The van der Waals surface area contributed by atoms with E-state index in [0.717, 1.165) is 6.54 Å².